The largest absolute Gasteiger partial charge is 0.369 e. The minimum atomic E-state index is 0.0128. The van der Waals surface area contributed by atoms with Gasteiger partial charge in [0.25, 0.3) is 0 Å². The molecular formula is C12H19N7O. The molecule has 0 unspecified atom stereocenters. The van der Waals surface area contributed by atoms with Crippen molar-refractivity contribution >= 4 is 28.7 Å². The van der Waals surface area contributed by atoms with E-state index < -0.39 is 0 Å². The number of carbonyl (C=O) groups excluding carboxylic acids is 1. The zero-order chi connectivity index (χ0) is 14.5. The molecule has 0 fully saturated rings. The highest BCUT2D eigenvalue weighted by Gasteiger charge is 2.09. The van der Waals surface area contributed by atoms with E-state index in [-0.39, 0.29) is 11.9 Å². The average Bonchev–Trinajstić information content (AvgIpc) is 2.85. The van der Waals surface area contributed by atoms with Crippen LogP contribution in [0, 0.1) is 0 Å². The summed E-state index contributed by atoms with van der Waals surface area (Å²) in [6, 6.07) is 0.151. The average molecular weight is 277 g/mol. The molecule has 0 saturated carbocycles. The molecule has 0 spiro atoms. The van der Waals surface area contributed by atoms with Gasteiger partial charge < -0.3 is 16.0 Å². The normalized spacial score (nSPS) is 10.8. The molecular weight excluding hydrogens is 258 g/mol. The smallest absolute Gasteiger partial charge is 0.226 e. The summed E-state index contributed by atoms with van der Waals surface area (Å²) in [4.78, 5) is 20.1. The molecule has 0 saturated heterocycles. The third-order valence-electron chi connectivity index (χ3n) is 2.63. The summed E-state index contributed by atoms with van der Waals surface area (Å²) >= 11 is 0. The Labute approximate surface area is 116 Å². The highest BCUT2D eigenvalue weighted by Crippen LogP contribution is 2.19. The van der Waals surface area contributed by atoms with Crippen LogP contribution in [-0.4, -0.2) is 45.7 Å². The molecule has 8 heteroatoms. The molecule has 0 bridgehead atoms. The minimum Gasteiger partial charge on any atom is -0.369 e. The predicted octanol–water partition coefficient (Wildman–Crippen LogP) is 0.721. The molecule has 0 atom stereocenters. The SMILES string of the molecule is CNc1nc(NCCC(=O)NC(C)C)c2cn[nH]c2n1. The molecule has 1 amide bonds. The molecule has 20 heavy (non-hydrogen) atoms. The second-order valence-electron chi connectivity index (χ2n) is 4.68. The molecule has 108 valence electrons. The Morgan fingerprint density at radius 1 is 1.40 bits per heavy atom. The topological polar surface area (TPSA) is 108 Å². The van der Waals surface area contributed by atoms with Crippen LogP contribution < -0.4 is 16.0 Å². The molecule has 0 aliphatic rings. The van der Waals surface area contributed by atoms with Gasteiger partial charge in [-0.1, -0.05) is 0 Å². The van der Waals surface area contributed by atoms with Gasteiger partial charge in [0.2, 0.25) is 11.9 Å². The second kappa shape index (κ2) is 6.18. The van der Waals surface area contributed by atoms with Crippen molar-refractivity contribution in [2.45, 2.75) is 26.3 Å². The lowest BCUT2D eigenvalue weighted by molar-refractivity contribution is -0.121. The number of H-pyrrole nitrogens is 1. The molecule has 0 aromatic carbocycles. The number of amides is 1. The number of aromatic nitrogens is 4. The fraction of sp³-hybridized carbons (Fsp3) is 0.500. The van der Waals surface area contributed by atoms with Crippen molar-refractivity contribution in [2.24, 2.45) is 0 Å². The Bertz CT molecular complexity index is 593. The van der Waals surface area contributed by atoms with Crippen LogP contribution in [0.25, 0.3) is 11.0 Å². The Morgan fingerprint density at radius 2 is 2.20 bits per heavy atom. The lowest BCUT2D eigenvalue weighted by Crippen LogP contribution is -2.31. The molecule has 2 aromatic heterocycles. The molecule has 0 radical (unpaired) electrons. The number of carbonyl (C=O) groups is 1. The highest BCUT2D eigenvalue weighted by molar-refractivity contribution is 5.87. The number of nitrogens with zero attached hydrogens (tertiary/aromatic N) is 3. The van der Waals surface area contributed by atoms with Gasteiger partial charge in [-0.15, -0.1) is 0 Å². The number of hydrogen-bond acceptors (Lipinski definition) is 6. The third-order valence-corrected chi connectivity index (χ3v) is 2.63. The first-order chi connectivity index (χ1) is 9.60. The van der Waals surface area contributed by atoms with Crippen molar-refractivity contribution in [3.63, 3.8) is 0 Å². The Hall–Kier alpha value is -2.38. The number of fused-ring (bicyclic) bond motifs is 1. The monoisotopic (exact) mass is 277 g/mol. The van der Waals surface area contributed by atoms with Gasteiger partial charge in [-0.25, -0.2) is 0 Å². The van der Waals surface area contributed by atoms with E-state index in [2.05, 4.69) is 36.1 Å². The lowest BCUT2D eigenvalue weighted by atomic mass is 10.3. The first-order valence-corrected chi connectivity index (χ1v) is 6.52. The van der Waals surface area contributed by atoms with Gasteiger partial charge >= 0.3 is 0 Å². The zero-order valence-electron chi connectivity index (χ0n) is 11.8. The van der Waals surface area contributed by atoms with Gasteiger partial charge in [0.05, 0.1) is 11.6 Å². The number of hydrogen-bond donors (Lipinski definition) is 4. The quantitative estimate of drug-likeness (QED) is 0.620. The predicted molar refractivity (Wildman–Crippen MR) is 77.6 cm³/mol. The van der Waals surface area contributed by atoms with Crippen LogP contribution in [0.2, 0.25) is 0 Å². The van der Waals surface area contributed by atoms with Crippen LogP contribution in [0.15, 0.2) is 6.20 Å². The summed E-state index contributed by atoms with van der Waals surface area (Å²) in [5.74, 6) is 1.17. The Balaban J connectivity index is 2.02. The van der Waals surface area contributed by atoms with Crippen molar-refractivity contribution < 1.29 is 4.79 Å². The van der Waals surface area contributed by atoms with Gasteiger partial charge in [-0.05, 0) is 13.8 Å². The molecule has 0 aliphatic carbocycles. The summed E-state index contributed by atoms with van der Waals surface area (Å²) in [5, 5.41) is 16.4. The van der Waals surface area contributed by atoms with Gasteiger partial charge in [-0.3, -0.25) is 9.89 Å². The molecule has 2 aromatic rings. The second-order valence-corrected chi connectivity index (χ2v) is 4.68. The summed E-state index contributed by atoms with van der Waals surface area (Å²) in [6.45, 7) is 4.37. The molecule has 2 heterocycles. The lowest BCUT2D eigenvalue weighted by Gasteiger charge is -2.10. The number of nitrogens with one attached hydrogen (secondary N) is 4. The van der Waals surface area contributed by atoms with Crippen LogP contribution in [0.1, 0.15) is 20.3 Å². The van der Waals surface area contributed by atoms with E-state index in [1.54, 1.807) is 13.2 Å². The first-order valence-electron chi connectivity index (χ1n) is 6.52. The minimum absolute atomic E-state index is 0.0128. The summed E-state index contributed by atoms with van der Waals surface area (Å²) in [5.41, 5.74) is 0.651. The maximum absolute atomic E-state index is 11.6. The maximum atomic E-state index is 11.6. The fourth-order valence-electron chi connectivity index (χ4n) is 1.77. The van der Waals surface area contributed by atoms with Crippen LogP contribution >= 0.6 is 0 Å². The van der Waals surface area contributed by atoms with Crippen LogP contribution in [-0.2, 0) is 4.79 Å². The van der Waals surface area contributed by atoms with Crippen molar-refractivity contribution in [3.05, 3.63) is 6.20 Å². The zero-order valence-corrected chi connectivity index (χ0v) is 11.8. The van der Waals surface area contributed by atoms with Gasteiger partial charge in [0, 0.05) is 26.1 Å². The van der Waals surface area contributed by atoms with Crippen molar-refractivity contribution in [3.8, 4) is 0 Å². The Kier molecular flexibility index (Phi) is 4.34. The van der Waals surface area contributed by atoms with E-state index in [0.717, 1.165) is 5.39 Å². The summed E-state index contributed by atoms with van der Waals surface area (Å²) in [6.07, 6.45) is 2.04. The van der Waals surface area contributed by atoms with Crippen molar-refractivity contribution in [1.82, 2.24) is 25.5 Å². The van der Waals surface area contributed by atoms with Crippen molar-refractivity contribution in [2.75, 3.05) is 24.2 Å². The van der Waals surface area contributed by atoms with E-state index in [4.69, 9.17) is 0 Å². The standard InChI is InChI=1S/C12H19N7O/c1-7(2)16-9(20)4-5-14-10-8-6-15-19-11(8)18-12(13-3)17-10/h6-7H,4-5H2,1-3H3,(H,16,20)(H3,13,14,15,17,18,19). The number of rotatable bonds is 6. The molecule has 0 aliphatic heterocycles. The van der Waals surface area contributed by atoms with Crippen molar-refractivity contribution in [1.29, 1.82) is 0 Å². The van der Waals surface area contributed by atoms with Gasteiger partial charge in [0.15, 0.2) is 5.65 Å². The highest BCUT2D eigenvalue weighted by atomic mass is 16.1. The van der Waals surface area contributed by atoms with Crippen LogP contribution in [0.3, 0.4) is 0 Å². The molecule has 8 nitrogen and oxygen atoms in total. The van der Waals surface area contributed by atoms with Crippen LogP contribution in [0.4, 0.5) is 11.8 Å². The van der Waals surface area contributed by atoms with E-state index in [1.165, 1.54) is 0 Å². The van der Waals surface area contributed by atoms with E-state index in [9.17, 15) is 4.79 Å². The van der Waals surface area contributed by atoms with E-state index in [1.807, 2.05) is 13.8 Å². The summed E-state index contributed by atoms with van der Waals surface area (Å²) < 4.78 is 0. The van der Waals surface area contributed by atoms with E-state index >= 15 is 0 Å². The first kappa shape index (κ1) is 14.0. The van der Waals surface area contributed by atoms with Gasteiger partial charge in [0.1, 0.15) is 5.82 Å². The fourth-order valence-corrected chi connectivity index (χ4v) is 1.77. The van der Waals surface area contributed by atoms with E-state index in [0.29, 0.717) is 30.4 Å². The van der Waals surface area contributed by atoms with Crippen LogP contribution in [0.5, 0.6) is 0 Å². The summed E-state index contributed by atoms with van der Waals surface area (Å²) in [7, 11) is 1.75. The molecule has 2 rings (SSSR count). The molecule has 4 N–H and O–H groups in total. The maximum Gasteiger partial charge on any atom is 0.226 e. The van der Waals surface area contributed by atoms with Gasteiger partial charge in [-0.2, -0.15) is 15.1 Å². The Morgan fingerprint density at radius 3 is 2.90 bits per heavy atom. The number of anilines is 2. The third kappa shape index (κ3) is 3.34. The number of aromatic amines is 1.